The summed E-state index contributed by atoms with van der Waals surface area (Å²) in [4.78, 5) is 38.3. The van der Waals surface area contributed by atoms with Gasteiger partial charge in [-0.15, -0.1) is 0 Å². The topological polar surface area (TPSA) is 98.4 Å². The molecule has 1 aliphatic carbocycles. The van der Waals surface area contributed by atoms with Crippen LogP contribution >= 0.6 is 0 Å². The molecule has 1 aromatic rings. The zero-order valence-corrected chi connectivity index (χ0v) is 12.3. The highest BCUT2D eigenvalue weighted by atomic mass is 19.4. The summed E-state index contributed by atoms with van der Waals surface area (Å²) in [5.41, 5.74) is -1.39. The Balaban J connectivity index is 2.05. The molecule has 0 bridgehead atoms. The molecule has 10 heteroatoms. The van der Waals surface area contributed by atoms with E-state index < -0.39 is 29.3 Å². The van der Waals surface area contributed by atoms with Gasteiger partial charge in [-0.25, -0.2) is 9.59 Å². The lowest BCUT2D eigenvalue weighted by Gasteiger charge is -2.23. The Bertz CT molecular complexity index is 918. The number of hydrogen-bond donors (Lipinski definition) is 2. The Labute approximate surface area is 132 Å². The summed E-state index contributed by atoms with van der Waals surface area (Å²) in [6, 6.07) is 0. The number of carbonyl (C=O) groups excluding carboxylic acids is 1. The molecule has 1 aromatic heterocycles. The molecular formula is C14H11F3N4O3. The van der Waals surface area contributed by atoms with E-state index in [1.54, 1.807) is 5.94 Å². The third kappa shape index (κ3) is 2.71. The maximum atomic E-state index is 12.8. The summed E-state index contributed by atoms with van der Waals surface area (Å²) in [5.74, 6) is -0.813. The minimum Gasteiger partial charge on any atom is -0.313 e. The van der Waals surface area contributed by atoms with E-state index in [9.17, 15) is 27.6 Å². The average molecular weight is 340 g/mol. The van der Waals surface area contributed by atoms with Crippen LogP contribution in [0.3, 0.4) is 0 Å². The molecule has 0 saturated heterocycles. The Morgan fingerprint density at radius 1 is 1.38 bits per heavy atom. The summed E-state index contributed by atoms with van der Waals surface area (Å²) < 4.78 is 38.5. The highest BCUT2D eigenvalue weighted by molar-refractivity contribution is 6.09. The van der Waals surface area contributed by atoms with E-state index >= 15 is 0 Å². The molecule has 2 atom stereocenters. The zero-order valence-electron chi connectivity index (χ0n) is 12.3. The lowest BCUT2D eigenvalue weighted by atomic mass is 10.0. The Morgan fingerprint density at radius 2 is 2.08 bits per heavy atom. The van der Waals surface area contributed by atoms with Crippen LogP contribution in [-0.4, -0.2) is 39.9 Å². The predicted molar refractivity (Wildman–Crippen MR) is 76.9 cm³/mol. The smallest absolute Gasteiger partial charge is 0.313 e. The molecule has 0 aromatic carbocycles. The first-order valence-corrected chi connectivity index (χ1v) is 6.91. The molecule has 2 heterocycles. The molecule has 0 amide bonds. The van der Waals surface area contributed by atoms with E-state index in [4.69, 9.17) is 0 Å². The second kappa shape index (κ2) is 5.34. The molecule has 1 saturated carbocycles. The quantitative estimate of drug-likeness (QED) is 0.768. The number of hydrogen-bond acceptors (Lipinski definition) is 5. The molecule has 2 unspecified atom stereocenters. The first-order valence-electron chi connectivity index (χ1n) is 6.91. The standard InChI is InChI=1S/C14H11F3N4O3/c1-21-11(5-22)7(6-2-9(6)14(15,16)17)3-10(20-21)8-4-18-13(24)19-12(8)23/h3-4,6,9H,2H2,1H3,(H2,18,19,23,24). The fraction of sp³-hybridized carbons (Fsp3) is 0.357. The first-order chi connectivity index (χ1) is 11.2. The maximum Gasteiger partial charge on any atom is 0.392 e. The van der Waals surface area contributed by atoms with Crippen molar-refractivity contribution in [2.24, 2.45) is 16.9 Å². The Kier molecular flexibility index (Phi) is 3.56. The van der Waals surface area contributed by atoms with Gasteiger partial charge in [0.1, 0.15) is 5.70 Å². The Morgan fingerprint density at radius 3 is 2.62 bits per heavy atom. The molecule has 2 aliphatic rings. The SMILES string of the molecule is CN1N=C(c2c[nH]c(=O)[nH]c2=O)C=C(C2CC2C(F)(F)F)C1=C=O. The summed E-state index contributed by atoms with van der Waals surface area (Å²) in [5, 5.41) is 5.07. The number of rotatable bonds is 2. The minimum absolute atomic E-state index is 0.0203. The lowest BCUT2D eigenvalue weighted by Crippen LogP contribution is -2.30. The molecule has 0 radical (unpaired) electrons. The fourth-order valence-corrected chi connectivity index (χ4v) is 2.68. The van der Waals surface area contributed by atoms with Gasteiger partial charge in [0, 0.05) is 13.2 Å². The van der Waals surface area contributed by atoms with Crippen molar-refractivity contribution in [3.8, 4) is 0 Å². The van der Waals surface area contributed by atoms with E-state index in [0.29, 0.717) is 0 Å². The van der Waals surface area contributed by atoms with E-state index in [0.717, 1.165) is 11.2 Å². The van der Waals surface area contributed by atoms with E-state index in [-0.39, 0.29) is 29.0 Å². The number of H-pyrrole nitrogens is 2. The van der Waals surface area contributed by atoms with Gasteiger partial charge in [-0.2, -0.15) is 18.3 Å². The van der Waals surface area contributed by atoms with Crippen molar-refractivity contribution in [3.63, 3.8) is 0 Å². The molecule has 0 spiro atoms. The van der Waals surface area contributed by atoms with Crippen molar-refractivity contribution in [2.75, 3.05) is 7.05 Å². The van der Waals surface area contributed by atoms with Crippen molar-refractivity contribution >= 4 is 11.7 Å². The number of allylic oxidation sites excluding steroid dienone is 2. The van der Waals surface area contributed by atoms with Crippen LogP contribution in [0.2, 0.25) is 0 Å². The molecule has 3 rings (SSSR count). The number of aromatic amines is 2. The number of halogens is 3. The Hall–Kier alpha value is -2.87. The van der Waals surface area contributed by atoms with Gasteiger partial charge in [0.2, 0.25) is 0 Å². The third-order valence-corrected chi connectivity index (χ3v) is 3.95. The average Bonchev–Trinajstić information content (AvgIpc) is 3.26. The largest absolute Gasteiger partial charge is 0.392 e. The van der Waals surface area contributed by atoms with Crippen LogP contribution in [0, 0.1) is 11.8 Å². The molecule has 126 valence electrons. The maximum absolute atomic E-state index is 12.8. The lowest BCUT2D eigenvalue weighted by molar-refractivity contribution is -0.149. The number of nitrogens with one attached hydrogen (secondary N) is 2. The van der Waals surface area contributed by atoms with Crippen LogP contribution in [-0.2, 0) is 4.79 Å². The van der Waals surface area contributed by atoms with Crippen molar-refractivity contribution in [1.82, 2.24) is 15.0 Å². The van der Waals surface area contributed by atoms with Crippen LogP contribution in [0.1, 0.15) is 12.0 Å². The van der Waals surface area contributed by atoms with Crippen molar-refractivity contribution < 1.29 is 18.0 Å². The second-order valence-corrected chi connectivity index (χ2v) is 5.54. The molecular weight excluding hydrogens is 329 g/mol. The van der Waals surface area contributed by atoms with E-state index in [1.165, 1.54) is 13.1 Å². The highest BCUT2D eigenvalue weighted by Crippen LogP contribution is 2.55. The number of hydrazone groups is 1. The van der Waals surface area contributed by atoms with Gasteiger partial charge in [-0.3, -0.25) is 14.8 Å². The second-order valence-electron chi connectivity index (χ2n) is 5.54. The van der Waals surface area contributed by atoms with Gasteiger partial charge in [0.25, 0.3) is 5.56 Å². The number of aromatic nitrogens is 2. The van der Waals surface area contributed by atoms with Crippen LogP contribution in [0.5, 0.6) is 0 Å². The summed E-state index contributed by atoms with van der Waals surface area (Å²) in [6.45, 7) is 0. The first kappa shape index (κ1) is 16.0. The van der Waals surface area contributed by atoms with Crippen LogP contribution < -0.4 is 11.2 Å². The van der Waals surface area contributed by atoms with Crippen molar-refractivity contribution in [2.45, 2.75) is 12.6 Å². The van der Waals surface area contributed by atoms with Crippen molar-refractivity contribution in [1.29, 1.82) is 0 Å². The van der Waals surface area contributed by atoms with Crippen LogP contribution in [0.4, 0.5) is 13.2 Å². The van der Waals surface area contributed by atoms with E-state index in [2.05, 4.69) is 10.1 Å². The fourth-order valence-electron chi connectivity index (χ4n) is 2.68. The molecule has 1 aliphatic heterocycles. The molecule has 2 N–H and O–H groups in total. The van der Waals surface area contributed by atoms with Crippen LogP contribution in [0.25, 0.3) is 0 Å². The van der Waals surface area contributed by atoms with Gasteiger partial charge in [0.05, 0.1) is 17.2 Å². The van der Waals surface area contributed by atoms with Crippen molar-refractivity contribution in [3.05, 3.63) is 49.9 Å². The van der Waals surface area contributed by atoms with Gasteiger partial charge in [0.15, 0.2) is 5.94 Å². The highest BCUT2D eigenvalue weighted by Gasteiger charge is 2.58. The summed E-state index contributed by atoms with van der Waals surface area (Å²) in [6.07, 6.45) is -2.11. The normalized spacial score (nSPS) is 23.5. The van der Waals surface area contributed by atoms with Gasteiger partial charge in [-0.1, -0.05) is 0 Å². The van der Waals surface area contributed by atoms with E-state index in [1.807, 2.05) is 4.98 Å². The molecule has 1 fully saturated rings. The third-order valence-electron chi connectivity index (χ3n) is 3.95. The zero-order chi connectivity index (χ0) is 17.6. The predicted octanol–water partition coefficient (Wildman–Crippen LogP) is 0.553. The molecule has 7 nitrogen and oxygen atoms in total. The van der Waals surface area contributed by atoms with Gasteiger partial charge in [-0.05, 0) is 24.0 Å². The number of alkyl halides is 3. The minimum atomic E-state index is -4.36. The summed E-state index contributed by atoms with van der Waals surface area (Å²) in [7, 11) is 1.37. The monoisotopic (exact) mass is 340 g/mol. The number of nitrogens with zero attached hydrogens (tertiary/aromatic N) is 2. The summed E-state index contributed by atoms with van der Waals surface area (Å²) >= 11 is 0. The molecule has 24 heavy (non-hydrogen) atoms. The number of likely N-dealkylation sites (N-methyl/N-ethyl adjacent to an activating group) is 1. The van der Waals surface area contributed by atoms with Gasteiger partial charge < -0.3 is 4.98 Å². The van der Waals surface area contributed by atoms with Crippen LogP contribution in [0.15, 0.2) is 38.2 Å². The van der Waals surface area contributed by atoms with Gasteiger partial charge >= 0.3 is 11.9 Å².